The lowest BCUT2D eigenvalue weighted by atomic mass is 10.1. The first-order valence-corrected chi connectivity index (χ1v) is 7.47. The molecule has 0 radical (unpaired) electrons. The Hall–Kier alpha value is -1.86. The third-order valence-electron chi connectivity index (χ3n) is 3.48. The van der Waals surface area contributed by atoms with Crippen molar-refractivity contribution in [2.75, 3.05) is 13.1 Å². The van der Waals surface area contributed by atoms with Gasteiger partial charge in [0.25, 0.3) is 5.91 Å². The Bertz CT molecular complexity index is 561. The van der Waals surface area contributed by atoms with E-state index in [0.29, 0.717) is 0 Å². The van der Waals surface area contributed by atoms with Gasteiger partial charge in [-0.05, 0) is 45.0 Å². The first kappa shape index (κ1) is 16.5. The molecule has 0 aromatic heterocycles. The van der Waals surface area contributed by atoms with E-state index in [9.17, 15) is 14.9 Å². The zero-order valence-corrected chi connectivity index (χ0v) is 12.9. The van der Waals surface area contributed by atoms with Gasteiger partial charge in [-0.1, -0.05) is 11.6 Å². The summed E-state index contributed by atoms with van der Waals surface area (Å²) in [6.45, 7) is 3.29. The van der Waals surface area contributed by atoms with E-state index in [2.05, 4.69) is 10.6 Å². The zero-order chi connectivity index (χ0) is 16.1. The third-order valence-corrected chi connectivity index (χ3v) is 3.71. The number of hydrogen-bond acceptors (Lipinski definition) is 5. The molecule has 2 N–H and O–H groups in total. The molecule has 1 aliphatic rings. The number of amides is 1. The number of ether oxygens (including phenoxy) is 1. The molecule has 1 aliphatic heterocycles. The van der Waals surface area contributed by atoms with E-state index in [1.165, 1.54) is 18.2 Å². The van der Waals surface area contributed by atoms with Crippen molar-refractivity contribution < 1.29 is 14.5 Å². The van der Waals surface area contributed by atoms with Gasteiger partial charge in [-0.15, -0.1) is 0 Å². The van der Waals surface area contributed by atoms with Crippen LogP contribution in [0.15, 0.2) is 18.2 Å². The molecule has 1 unspecified atom stereocenters. The summed E-state index contributed by atoms with van der Waals surface area (Å²) in [6.07, 6.45) is 0.897. The largest absolute Gasteiger partial charge is 0.474 e. The van der Waals surface area contributed by atoms with Gasteiger partial charge >= 0.3 is 5.69 Å². The second kappa shape index (κ2) is 7.42. The molecule has 1 aromatic rings. The van der Waals surface area contributed by atoms with E-state index in [1.807, 2.05) is 0 Å². The standard InChI is InChI=1S/C14H18ClN3O4/c1-9(14(19)17-11-4-6-16-7-5-11)22-13-3-2-10(15)8-12(13)18(20)21/h2-3,8-9,11,16H,4-7H2,1H3,(H,17,19). The number of halogens is 1. The number of benzene rings is 1. The first-order valence-electron chi connectivity index (χ1n) is 7.09. The Morgan fingerprint density at radius 1 is 1.50 bits per heavy atom. The molecule has 1 amide bonds. The zero-order valence-electron chi connectivity index (χ0n) is 12.2. The van der Waals surface area contributed by atoms with Crippen molar-refractivity contribution >= 4 is 23.2 Å². The van der Waals surface area contributed by atoms with Gasteiger partial charge in [0.1, 0.15) is 0 Å². The SMILES string of the molecule is CC(Oc1ccc(Cl)cc1[N+](=O)[O-])C(=O)NC1CCNCC1. The molecule has 0 bridgehead atoms. The van der Waals surface area contributed by atoms with Gasteiger partial charge in [0.2, 0.25) is 0 Å². The maximum atomic E-state index is 12.1. The van der Waals surface area contributed by atoms with Crippen LogP contribution in [0.2, 0.25) is 5.02 Å². The normalized spacial score (nSPS) is 16.8. The summed E-state index contributed by atoms with van der Waals surface area (Å²) in [7, 11) is 0. The summed E-state index contributed by atoms with van der Waals surface area (Å²) >= 11 is 5.74. The molecule has 0 spiro atoms. The molecule has 8 heteroatoms. The molecular formula is C14H18ClN3O4. The first-order chi connectivity index (χ1) is 10.5. The number of piperidine rings is 1. The average molecular weight is 328 g/mol. The lowest BCUT2D eigenvalue weighted by molar-refractivity contribution is -0.386. The van der Waals surface area contributed by atoms with Crippen LogP contribution in [0.5, 0.6) is 5.75 Å². The highest BCUT2D eigenvalue weighted by Crippen LogP contribution is 2.30. The number of carbonyl (C=O) groups excluding carboxylic acids is 1. The molecule has 1 heterocycles. The van der Waals surface area contributed by atoms with Crippen molar-refractivity contribution in [1.82, 2.24) is 10.6 Å². The van der Waals surface area contributed by atoms with Crippen molar-refractivity contribution in [3.8, 4) is 5.75 Å². The molecule has 1 atom stereocenters. The van der Waals surface area contributed by atoms with Gasteiger partial charge in [-0.2, -0.15) is 0 Å². The quantitative estimate of drug-likeness (QED) is 0.636. The highest BCUT2D eigenvalue weighted by molar-refractivity contribution is 6.30. The van der Waals surface area contributed by atoms with Crippen molar-refractivity contribution in [2.45, 2.75) is 31.9 Å². The van der Waals surface area contributed by atoms with E-state index < -0.39 is 11.0 Å². The van der Waals surface area contributed by atoms with Crippen molar-refractivity contribution in [3.63, 3.8) is 0 Å². The van der Waals surface area contributed by atoms with Crippen molar-refractivity contribution in [2.24, 2.45) is 0 Å². The predicted octanol–water partition coefficient (Wildman–Crippen LogP) is 1.88. The lowest BCUT2D eigenvalue weighted by Crippen LogP contribution is -2.47. The number of nitrogens with one attached hydrogen (secondary N) is 2. The van der Waals surface area contributed by atoms with Crippen molar-refractivity contribution in [1.29, 1.82) is 0 Å². The van der Waals surface area contributed by atoms with Gasteiger partial charge in [-0.3, -0.25) is 14.9 Å². The number of hydrogen-bond donors (Lipinski definition) is 2. The Morgan fingerprint density at radius 3 is 2.82 bits per heavy atom. The molecule has 2 rings (SSSR count). The third kappa shape index (κ3) is 4.32. The van der Waals surface area contributed by atoms with Crippen LogP contribution in [-0.2, 0) is 4.79 Å². The number of nitro benzene ring substituents is 1. The van der Waals surface area contributed by atoms with Crippen LogP contribution in [0.3, 0.4) is 0 Å². The Morgan fingerprint density at radius 2 is 2.18 bits per heavy atom. The Balaban J connectivity index is 2.00. The second-order valence-electron chi connectivity index (χ2n) is 5.16. The second-order valence-corrected chi connectivity index (χ2v) is 5.60. The van der Waals surface area contributed by atoms with Gasteiger partial charge in [-0.25, -0.2) is 0 Å². The van der Waals surface area contributed by atoms with Crippen LogP contribution in [0, 0.1) is 10.1 Å². The molecule has 0 aliphatic carbocycles. The van der Waals surface area contributed by atoms with E-state index in [0.717, 1.165) is 25.9 Å². The predicted molar refractivity (Wildman–Crippen MR) is 82.2 cm³/mol. The van der Waals surface area contributed by atoms with Crippen LogP contribution >= 0.6 is 11.6 Å². The summed E-state index contributed by atoms with van der Waals surface area (Å²) in [4.78, 5) is 22.5. The molecule has 0 saturated carbocycles. The number of nitro groups is 1. The van der Waals surface area contributed by atoms with E-state index >= 15 is 0 Å². The van der Waals surface area contributed by atoms with E-state index in [4.69, 9.17) is 16.3 Å². The van der Waals surface area contributed by atoms with Crippen LogP contribution in [0.4, 0.5) is 5.69 Å². The molecule has 22 heavy (non-hydrogen) atoms. The topological polar surface area (TPSA) is 93.5 Å². The summed E-state index contributed by atoms with van der Waals surface area (Å²) in [5.74, 6) is -0.251. The van der Waals surface area contributed by atoms with Crippen LogP contribution in [-0.4, -0.2) is 36.1 Å². The summed E-state index contributed by atoms with van der Waals surface area (Å²) in [5, 5.41) is 17.4. The number of carbonyl (C=O) groups is 1. The van der Waals surface area contributed by atoms with Gasteiger partial charge in [0.15, 0.2) is 11.9 Å². The van der Waals surface area contributed by atoms with E-state index in [-0.39, 0.29) is 28.4 Å². The Kier molecular flexibility index (Phi) is 5.57. The summed E-state index contributed by atoms with van der Waals surface area (Å²) < 4.78 is 5.44. The van der Waals surface area contributed by atoms with Gasteiger partial charge in [0, 0.05) is 17.1 Å². The van der Waals surface area contributed by atoms with Crippen molar-refractivity contribution in [3.05, 3.63) is 33.3 Å². The lowest BCUT2D eigenvalue weighted by Gasteiger charge is -2.25. The summed E-state index contributed by atoms with van der Waals surface area (Å²) in [6, 6.07) is 4.20. The summed E-state index contributed by atoms with van der Waals surface area (Å²) in [5.41, 5.74) is -0.256. The Labute approximate surface area is 133 Å². The highest BCUT2D eigenvalue weighted by atomic mass is 35.5. The minimum Gasteiger partial charge on any atom is -0.474 e. The molecule has 1 saturated heterocycles. The van der Waals surface area contributed by atoms with Gasteiger partial charge < -0.3 is 15.4 Å². The fourth-order valence-electron chi connectivity index (χ4n) is 2.26. The minimum atomic E-state index is -0.824. The monoisotopic (exact) mass is 327 g/mol. The molecule has 120 valence electrons. The fourth-order valence-corrected chi connectivity index (χ4v) is 2.43. The molecule has 7 nitrogen and oxygen atoms in total. The average Bonchev–Trinajstić information content (AvgIpc) is 2.49. The maximum Gasteiger partial charge on any atom is 0.312 e. The van der Waals surface area contributed by atoms with E-state index in [1.54, 1.807) is 6.92 Å². The smallest absolute Gasteiger partial charge is 0.312 e. The van der Waals surface area contributed by atoms with Crippen LogP contribution in [0.1, 0.15) is 19.8 Å². The van der Waals surface area contributed by atoms with Gasteiger partial charge in [0.05, 0.1) is 4.92 Å². The molecule has 1 fully saturated rings. The molecule has 1 aromatic carbocycles. The fraction of sp³-hybridized carbons (Fsp3) is 0.500. The highest BCUT2D eigenvalue weighted by Gasteiger charge is 2.24. The minimum absolute atomic E-state index is 0.0300. The number of rotatable bonds is 5. The maximum absolute atomic E-state index is 12.1. The number of nitrogens with zero attached hydrogens (tertiary/aromatic N) is 1. The van der Waals surface area contributed by atoms with Crippen LogP contribution < -0.4 is 15.4 Å². The molecular weight excluding hydrogens is 310 g/mol. The van der Waals surface area contributed by atoms with Crippen LogP contribution in [0.25, 0.3) is 0 Å².